The third-order valence-electron chi connectivity index (χ3n) is 11.6. The molecule has 1 saturated heterocycles. The number of quaternary nitrogens is 2. The number of hydrogen-bond acceptors (Lipinski definition) is 2. The summed E-state index contributed by atoms with van der Waals surface area (Å²) in [7, 11) is 0. The van der Waals surface area contributed by atoms with Crippen molar-refractivity contribution in [1.29, 1.82) is 0 Å². The van der Waals surface area contributed by atoms with Crippen molar-refractivity contribution in [2.45, 2.75) is 134 Å². The summed E-state index contributed by atoms with van der Waals surface area (Å²) in [5.74, 6) is 1.96. The summed E-state index contributed by atoms with van der Waals surface area (Å²) in [4.78, 5) is 5.45. The molecular formula is C41H72N4+2. The predicted molar refractivity (Wildman–Crippen MR) is 200 cm³/mol. The lowest BCUT2D eigenvalue weighted by atomic mass is 9.89. The molecule has 254 valence electrons. The van der Waals surface area contributed by atoms with Gasteiger partial charge < -0.3 is 18.8 Å². The van der Waals surface area contributed by atoms with E-state index in [9.17, 15) is 0 Å². The van der Waals surface area contributed by atoms with Crippen molar-refractivity contribution in [2.75, 3.05) is 68.8 Å². The number of anilines is 2. The minimum atomic E-state index is 0.490. The van der Waals surface area contributed by atoms with Crippen LogP contribution in [0.25, 0.3) is 0 Å². The smallest absolute Gasteiger partial charge is 0.104 e. The van der Waals surface area contributed by atoms with Crippen molar-refractivity contribution in [3.05, 3.63) is 57.6 Å². The molecular weight excluding hydrogens is 548 g/mol. The summed E-state index contributed by atoms with van der Waals surface area (Å²) >= 11 is 0. The highest BCUT2D eigenvalue weighted by Crippen LogP contribution is 2.42. The van der Waals surface area contributed by atoms with E-state index in [0.717, 1.165) is 41.8 Å². The topological polar surface area (TPSA) is 6.48 Å². The van der Waals surface area contributed by atoms with Gasteiger partial charge in [-0.3, -0.25) is 0 Å². The molecule has 4 nitrogen and oxygen atoms in total. The first kappa shape index (κ1) is 37.4. The van der Waals surface area contributed by atoms with E-state index in [2.05, 4.69) is 131 Å². The maximum Gasteiger partial charge on any atom is 0.104 e. The Morgan fingerprint density at radius 2 is 0.711 bits per heavy atom. The van der Waals surface area contributed by atoms with E-state index >= 15 is 0 Å². The van der Waals surface area contributed by atoms with Gasteiger partial charge >= 0.3 is 0 Å². The van der Waals surface area contributed by atoms with Gasteiger partial charge in [0.2, 0.25) is 0 Å². The van der Waals surface area contributed by atoms with Gasteiger partial charge in [-0.15, -0.1) is 0 Å². The molecule has 0 atom stereocenters. The van der Waals surface area contributed by atoms with Gasteiger partial charge in [0.05, 0.1) is 45.9 Å². The summed E-state index contributed by atoms with van der Waals surface area (Å²) in [5.41, 5.74) is 12.2. The monoisotopic (exact) mass is 621 g/mol. The molecule has 0 spiro atoms. The molecule has 45 heavy (non-hydrogen) atoms. The number of nitrogens with zero attached hydrogens (tertiary/aromatic N) is 4. The van der Waals surface area contributed by atoms with Gasteiger partial charge in [0, 0.05) is 35.6 Å². The first-order valence-corrected chi connectivity index (χ1v) is 18.8. The maximum atomic E-state index is 2.73. The molecule has 0 amide bonds. The van der Waals surface area contributed by atoms with Crippen molar-refractivity contribution in [1.82, 2.24) is 0 Å². The number of hydrogen-bond donors (Lipinski definition) is 0. The van der Waals surface area contributed by atoms with Gasteiger partial charge in [-0.1, -0.05) is 55.4 Å². The Labute approximate surface area is 280 Å². The number of rotatable bonds is 16. The van der Waals surface area contributed by atoms with E-state index in [1.807, 2.05) is 0 Å². The minimum absolute atomic E-state index is 0.490. The second kappa shape index (κ2) is 15.7. The number of benzene rings is 2. The van der Waals surface area contributed by atoms with E-state index in [1.165, 1.54) is 84.0 Å². The van der Waals surface area contributed by atoms with Crippen LogP contribution in [-0.4, -0.2) is 68.0 Å². The summed E-state index contributed by atoms with van der Waals surface area (Å²) in [5, 5.41) is 0. The van der Waals surface area contributed by atoms with Crippen LogP contribution in [0, 0.1) is 0 Å². The van der Waals surface area contributed by atoms with Crippen LogP contribution in [0.4, 0.5) is 11.4 Å². The Kier molecular flexibility index (Phi) is 13.1. The van der Waals surface area contributed by atoms with Gasteiger partial charge in [0.15, 0.2) is 0 Å². The summed E-state index contributed by atoms with van der Waals surface area (Å²) in [6.45, 7) is 45.9. The highest BCUT2D eigenvalue weighted by molar-refractivity contribution is 5.69. The second-order valence-electron chi connectivity index (χ2n) is 15.4. The van der Waals surface area contributed by atoms with Crippen molar-refractivity contribution in [3.8, 4) is 0 Å². The van der Waals surface area contributed by atoms with E-state index in [-0.39, 0.29) is 0 Å². The molecule has 2 aromatic carbocycles. The van der Waals surface area contributed by atoms with Gasteiger partial charge in [0.1, 0.15) is 13.1 Å². The van der Waals surface area contributed by atoms with Crippen molar-refractivity contribution < 1.29 is 8.97 Å². The Balaban J connectivity index is 2.10. The quantitative estimate of drug-likeness (QED) is 0.172. The molecule has 3 rings (SSSR count). The summed E-state index contributed by atoms with van der Waals surface area (Å²) in [6.07, 6.45) is 0. The Morgan fingerprint density at radius 1 is 0.467 bits per heavy atom. The molecule has 2 aromatic rings. The Morgan fingerprint density at radius 3 is 0.911 bits per heavy atom. The van der Waals surface area contributed by atoms with Gasteiger partial charge in [-0.25, -0.2) is 0 Å². The second-order valence-corrected chi connectivity index (χ2v) is 15.4. The first-order chi connectivity index (χ1) is 21.2. The fourth-order valence-corrected chi connectivity index (χ4v) is 7.90. The van der Waals surface area contributed by atoms with Crippen molar-refractivity contribution >= 4 is 11.4 Å². The normalized spacial score (nSPS) is 14.7. The predicted octanol–water partition coefficient (Wildman–Crippen LogP) is 10.2. The first-order valence-electron chi connectivity index (χ1n) is 18.8. The Hall–Kier alpha value is -2.04. The maximum absolute atomic E-state index is 2.73. The van der Waals surface area contributed by atoms with Gasteiger partial charge in [-0.05, 0) is 112 Å². The third-order valence-corrected chi connectivity index (χ3v) is 11.6. The van der Waals surface area contributed by atoms with Crippen LogP contribution in [-0.2, 0) is 13.1 Å². The van der Waals surface area contributed by atoms with Crippen molar-refractivity contribution in [3.63, 3.8) is 0 Å². The summed E-state index contributed by atoms with van der Waals surface area (Å²) < 4.78 is 2.32. The lowest BCUT2D eigenvalue weighted by molar-refractivity contribution is -0.936. The van der Waals surface area contributed by atoms with Gasteiger partial charge in [-0.2, -0.15) is 0 Å². The largest absolute Gasteiger partial charge is 0.352 e. The van der Waals surface area contributed by atoms with Gasteiger partial charge in [0.25, 0.3) is 0 Å². The third kappa shape index (κ3) is 8.10. The molecule has 0 radical (unpaired) electrons. The lowest BCUT2D eigenvalue weighted by Crippen LogP contribution is -2.46. The minimum Gasteiger partial charge on any atom is -0.352 e. The van der Waals surface area contributed by atoms with Crippen LogP contribution in [0.2, 0.25) is 0 Å². The summed E-state index contributed by atoms with van der Waals surface area (Å²) in [6, 6.07) is 10.3. The molecule has 0 saturated carbocycles. The molecule has 0 aromatic heterocycles. The molecule has 1 heterocycles. The standard InChI is InChI=1S/C41H72N4/c1-15-44(16-2,17-3)27-34-23-36(30(7)8)40(37(24-34)31(9)10)42-21-22-43(29-42)41-38(32(11)12)25-35(26-39(41)33(13)14)28-45(18-4,19-5)20-6/h23-26,30-33H,15-22,27-29H2,1-14H3/q+2. The molecule has 1 fully saturated rings. The highest BCUT2D eigenvalue weighted by atomic mass is 15.4. The molecule has 4 heteroatoms. The lowest BCUT2D eigenvalue weighted by Gasteiger charge is -2.37. The fourth-order valence-electron chi connectivity index (χ4n) is 7.90. The SMILES string of the molecule is CC[N+](CC)(CC)Cc1cc(C(C)C)c(N2CCN(c3c(C(C)C)cc(C[N+](CC)(CC)CC)cc3C(C)C)C2)c(C(C)C)c1. The molecule has 0 N–H and O–H groups in total. The average molecular weight is 621 g/mol. The van der Waals surface area contributed by atoms with Crippen LogP contribution >= 0.6 is 0 Å². The van der Waals surface area contributed by atoms with Crippen LogP contribution in [0.5, 0.6) is 0 Å². The molecule has 0 bridgehead atoms. The Bertz CT molecular complexity index is 1060. The fraction of sp³-hybridized carbons (Fsp3) is 0.707. The van der Waals surface area contributed by atoms with Crippen molar-refractivity contribution in [2.24, 2.45) is 0 Å². The van der Waals surface area contributed by atoms with E-state index < -0.39 is 0 Å². The van der Waals surface area contributed by atoms with E-state index in [0.29, 0.717) is 23.7 Å². The zero-order chi connectivity index (χ0) is 33.7. The molecule has 0 unspecified atom stereocenters. The average Bonchev–Trinajstić information content (AvgIpc) is 3.51. The van der Waals surface area contributed by atoms with Crippen LogP contribution < -0.4 is 9.80 Å². The zero-order valence-corrected chi connectivity index (χ0v) is 32.2. The highest BCUT2D eigenvalue weighted by Gasteiger charge is 2.32. The van der Waals surface area contributed by atoms with Crippen LogP contribution in [0.3, 0.4) is 0 Å². The van der Waals surface area contributed by atoms with E-state index in [4.69, 9.17) is 0 Å². The van der Waals surface area contributed by atoms with E-state index in [1.54, 1.807) is 0 Å². The zero-order valence-electron chi connectivity index (χ0n) is 32.2. The van der Waals surface area contributed by atoms with Crippen LogP contribution in [0.1, 0.15) is 154 Å². The molecule has 1 aliphatic heterocycles. The van der Waals surface area contributed by atoms with Crippen LogP contribution in [0.15, 0.2) is 24.3 Å². The molecule has 0 aliphatic carbocycles. The molecule has 1 aliphatic rings.